The molecule has 0 spiro atoms. The molecule has 0 aromatic heterocycles. The highest BCUT2D eigenvalue weighted by atomic mass is 19.3. The summed E-state index contributed by atoms with van der Waals surface area (Å²) >= 11 is 0. The van der Waals surface area contributed by atoms with Crippen molar-refractivity contribution in [2.45, 2.75) is 32.1 Å². The first-order valence-electron chi connectivity index (χ1n) is 6.54. The SMILES string of the molecule is O=C(CNCCOCC(F)F)N1CCCCCC1. The summed E-state index contributed by atoms with van der Waals surface area (Å²) in [4.78, 5) is 13.7. The Morgan fingerprint density at radius 1 is 1.22 bits per heavy atom. The van der Waals surface area contributed by atoms with Crippen LogP contribution in [-0.2, 0) is 9.53 Å². The predicted molar refractivity (Wildman–Crippen MR) is 64.7 cm³/mol. The van der Waals surface area contributed by atoms with E-state index in [-0.39, 0.29) is 19.1 Å². The number of ether oxygens (including phenoxy) is 1. The van der Waals surface area contributed by atoms with E-state index >= 15 is 0 Å². The van der Waals surface area contributed by atoms with Crippen LogP contribution in [0.5, 0.6) is 0 Å². The Balaban J connectivity index is 2.02. The number of nitrogens with zero attached hydrogens (tertiary/aromatic N) is 1. The summed E-state index contributed by atoms with van der Waals surface area (Å²) in [7, 11) is 0. The number of rotatable bonds is 7. The van der Waals surface area contributed by atoms with Crippen LogP contribution in [-0.4, -0.2) is 56.6 Å². The fraction of sp³-hybridized carbons (Fsp3) is 0.917. The third-order valence-electron chi connectivity index (χ3n) is 2.90. The van der Waals surface area contributed by atoms with Gasteiger partial charge in [0.1, 0.15) is 6.61 Å². The van der Waals surface area contributed by atoms with Crippen LogP contribution < -0.4 is 5.32 Å². The lowest BCUT2D eigenvalue weighted by Crippen LogP contribution is -2.39. The monoisotopic (exact) mass is 264 g/mol. The molecular weight excluding hydrogens is 242 g/mol. The molecule has 1 aliphatic heterocycles. The summed E-state index contributed by atoms with van der Waals surface area (Å²) in [5.74, 6) is 0.0887. The number of alkyl halides is 2. The summed E-state index contributed by atoms with van der Waals surface area (Å²) in [6.45, 7) is 2.02. The molecule has 1 aliphatic rings. The molecule has 4 nitrogen and oxygen atoms in total. The van der Waals surface area contributed by atoms with Gasteiger partial charge >= 0.3 is 0 Å². The fourth-order valence-electron chi connectivity index (χ4n) is 1.94. The maximum absolute atomic E-state index is 11.8. The van der Waals surface area contributed by atoms with E-state index in [1.165, 1.54) is 12.8 Å². The lowest BCUT2D eigenvalue weighted by molar-refractivity contribution is -0.130. The Bertz CT molecular complexity index is 232. The normalized spacial score (nSPS) is 16.9. The molecule has 1 saturated heterocycles. The zero-order valence-corrected chi connectivity index (χ0v) is 10.7. The molecule has 0 aliphatic carbocycles. The van der Waals surface area contributed by atoms with Gasteiger partial charge in [0.2, 0.25) is 5.91 Å². The minimum absolute atomic E-state index is 0.0887. The molecule has 0 saturated carbocycles. The van der Waals surface area contributed by atoms with Crippen molar-refractivity contribution in [1.29, 1.82) is 0 Å². The molecule has 18 heavy (non-hydrogen) atoms. The van der Waals surface area contributed by atoms with Gasteiger partial charge in [-0.05, 0) is 12.8 Å². The van der Waals surface area contributed by atoms with E-state index in [0.29, 0.717) is 6.54 Å². The maximum Gasteiger partial charge on any atom is 0.261 e. The summed E-state index contributed by atoms with van der Waals surface area (Å²) in [6.07, 6.45) is 2.10. The van der Waals surface area contributed by atoms with Crippen LogP contribution >= 0.6 is 0 Å². The largest absolute Gasteiger partial charge is 0.374 e. The van der Waals surface area contributed by atoms with Gasteiger partial charge in [0, 0.05) is 19.6 Å². The quantitative estimate of drug-likeness (QED) is 0.704. The lowest BCUT2D eigenvalue weighted by atomic mass is 10.2. The third-order valence-corrected chi connectivity index (χ3v) is 2.90. The van der Waals surface area contributed by atoms with Gasteiger partial charge in [-0.1, -0.05) is 12.8 Å². The van der Waals surface area contributed by atoms with Crippen LogP contribution in [0.1, 0.15) is 25.7 Å². The molecule has 0 radical (unpaired) electrons. The van der Waals surface area contributed by atoms with E-state index in [1.54, 1.807) is 0 Å². The molecule has 0 unspecified atom stereocenters. The van der Waals surface area contributed by atoms with Crippen molar-refractivity contribution >= 4 is 5.91 Å². The van der Waals surface area contributed by atoms with Gasteiger partial charge in [-0.3, -0.25) is 4.79 Å². The number of carbonyl (C=O) groups excluding carboxylic acids is 1. The second-order valence-corrected chi connectivity index (χ2v) is 4.44. The van der Waals surface area contributed by atoms with Crippen LogP contribution in [0.15, 0.2) is 0 Å². The van der Waals surface area contributed by atoms with E-state index in [2.05, 4.69) is 5.32 Å². The highest BCUT2D eigenvalue weighted by Crippen LogP contribution is 2.09. The van der Waals surface area contributed by atoms with Crippen LogP contribution in [0.3, 0.4) is 0 Å². The summed E-state index contributed by atoms with van der Waals surface area (Å²) in [5.41, 5.74) is 0. The van der Waals surface area contributed by atoms with Gasteiger partial charge in [0.05, 0.1) is 13.2 Å². The maximum atomic E-state index is 11.8. The smallest absolute Gasteiger partial charge is 0.261 e. The highest BCUT2D eigenvalue weighted by molar-refractivity contribution is 5.78. The topological polar surface area (TPSA) is 41.6 Å². The Labute approximate surface area is 107 Å². The molecule has 0 atom stereocenters. The lowest BCUT2D eigenvalue weighted by Gasteiger charge is -2.20. The van der Waals surface area contributed by atoms with Gasteiger partial charge < -0.3 is 15.0 Å². The number of hydrogen-bond donors (Lipinski definition) is 1. The van der Waals surface area contributed by atoms with Crippen molar-refractivity contribution in [1.82, 2.24) is 10.2 Å². The second-order valence-electron chi connectivity index (χ2n) is 4.44. The fourth-order valence-corrected chi connectivity index (χ4v) is 1.94. The zero-order chi connectivity index (χ0) is 13.2. The van der Waals surface area contributed by atoms with Crippen LogP contribution in [0, 0.1) is 0 Å². The number of halogens is 2. The average molecular weight is 264 g/mol. The van der Waals surface area contributed by atoms with E-state index in [9.17, 15) is 13.6 Å². The van der Waals surface area contributed by atoms with E-state index in [4.69, 9.17) is 4.74 Å². The first kappa shape index (κ1) is 15.3. The first-order valence-corrected chi connectivity index (χ1v) is 6.54. The molecule has 0 aromatic rings. The average Bonchev–Trinajstić information content (AvgIpc) is 2.61. The molecule has 1 N–H and O–H groups in total. The van der Waals surface area contributed by atoms with Gasteiger partial charge in [-0.2, -0.15) is 0 Å². The van der Waals surface area contributed by atoms with Crippen molar-refractivity contribution in [2.75, 3.05) is 39.4 Å². The molecule has 1 amide bonds. The number of carbonyl (C=O) groups is 1. The van der Waals surface area contributed by atoms with E-state index in [1.807, 2.05) is 4.90 Å². The number of amides is 1. The van der Waals surface area contributed by atoms with Crippen LogP contribution in [0.4, 0.5) is 8.78 Å². The van der Waals surface area contributed by atoms with Crippen LogP contribution in [0.25, 0.3) is 0 Å². The molecule has 1 heterocycles. The number of likely N-dealkylation sites (tertiary alicyclic amines) is 1. The minimum atomic E-state index is -2.43. The Kier molecular flexibility index (Phi) is 7.84. The van der Waals surface area contributed by atoms with Crippen molar-refractivity contribution < 1.29 is 18.3 Å². The highest BCUT2D eigenvalue weighted by Gasteiger charge is 2.14. The molecule has 106 valence electrons. The minimum Gasteiger partial charge on any atom is -0.374 e. The summed E-state index contributed by atoms with van der Waals surface area (Å²) in [5, 5.41) is 2.92. The van der Waals surface area contributed by atoms with E-state index < -0.39 is 13.0 Å². The number of hydrogen-bond acceptors (Lipinski definition) is 3. The van der Waals surface area contributed by atoms with Crippen molar-refractivity contribution in [2.24, 2.45) is 0 Å². The predicted octanol–water partition coefficient (Wildman–Crippen LogP) is 1.26. The summed E-state index contributed by atoms with van der Waals surface area (Å²) < 4.78 is 28.2. The van der Waals surface area contributed by atoms with Gasteiger partial charge in [0.15, 0.2) is 0 Å². The van der Waals surface area contributed by atoms with Crippen molar-refractivity contribution in [3.05, 3.63) is 0 Å². The zero-order valence-electron chi connectivity index (χ0n) is 10.7. The molecule has 0 bridgehead atoms. The molecule has 0 aromatic carbocycles. The van der Waals surface area contributed by atoms with Crippen LogP contribution in [0.2, 0.25) is 0 Å². The van der Waals surface area contributed by atoms with Crippen molar-refractivity contribution in [3.8, 4) is 0 Å². The van der Waals surface area contributed by atoms with E-state index in [0.717, 1.165) is 25.9 Å². The van der Waals surface area contributed by atoms with Gasteiger partial charge in [0.25, 0.3) is 6.43 Å². The first-order chi connectivity index (χ1) is 8.70. The second kappa shape index (κ2) is 9.22. The third kappa shape index (κ3) is 6.86. The van der Waals surface area contributed by atoms with Gasteiger partial charge in [-0.15, -0.1) is 0 Å². The standard InChI is InChI=1S/C12H22F2N2O2/c13-11(14)10-18-8-5-15-9-12(17)16-6-3-1-2-4-7-16/h11,15H,1-10H2. The number of nitrogens with one attached hydrogen (secondary N) is 1. The Hall–Kier alpha value is -0.750. The molecule has 6 heteroatoms. The molecule has 1 fully saturated rings. The summed E-state index contributed by atoms with van der Waals surface area (Å²) in [6, 6.07) is 0. The van der Waals surface area contributed by atoms with Gasteiger partial charge in [-0.25, -0.2) is 8.78 Å². The Morgan fingerprint density at radius 3 is 2.50 bits per heavy atom. The van der Waals surface area contributed by atoms with Crippen molar-refractivity contribution in [3.63, 3.8) is 0 Å². The Morgan fingerprint density at radius 2 is 1.89 bits per heavy atom. The molecular formula is C12H22F2N2O2. The molecule has 1 rings (SSSR count).